The van der Waals surface area contributed by atoms with E-state index in [0.717, 1.165) is 6.42 Å². The third-order valence-electron chi connectivity index (χ3n) is 1.12. The van der Waals surface area contributed by atoms with Crippen molar-refractivity contribution in [3.63, 3.8) is 0 Å². The molecule has 0 saturated heterocycles. The lowest BCUT2D eigenvalue weighted by Gasteiger charge is -2.17. The molecule has 5 heteroatoms. The number of rotatable bonds is 8. The van der Waals surface area contributed by atoms with Gasteiger partial charge in [0.2, 0.25) is 6.41 Å². The van der Waals surface area contributed by atoms with Crippen LogP contribution in [0.4, 0.5) is 0 Å². The van der Waals surface area contributed by atoms with Crippen molar-refractivity contribution in [2.24, 2.45) is 0 Å². The molecule has 0 heterocycles. The summed E-state index contributed by atoms with van der Waals surface area (Å²) < 4.78 is 10.3. The second-order valence-electron chi connectivity index (χ2n) is 2.21. The van der Waals surface area contributed by atoms with Crippen molar-refractivity contribution >= 4 is 12.4 Å². The van der Waals surface area contributed by atoms with Gasteiger partial charge < -0.3 is 9.47 Å². The Morgan fingerprint density at radius 1 is 1.08 bits per heavy atom. The van der Waals surface area contributed by atoms with Gasteiger partial charge in [-0.1, -0.05) is 6.92 Å². The van der Waals surface area contributed by atoms with Gasteiger partial charge in [0, 0.05) is 13.2 Å². The van der Waals surface area contributed by atoms with E-state index in [0.29, 0.717) is 19.8 Å². The Morgan fingerprint density at radius 3 is 2.00 bits per heavy atom. The standard InChI is InChI=1S/C8H19NO3.ClH/c1-4-7-12-9-8(10-5-2)11-6-3;/h8-9H,4-7H2,1-3H3;1H. The summed E-state index contributed by atoms with van der Waals surface area (Å²) in [4.78, 5) is 5.05. The average Bonchev–Trinajstić information content (AvgIpc) is 2.06. The lowest BCUT2D eigenvalue weighted by molar-refractivity contribution is -0.217. The number of ether oxygens (including phenoxy) is 2. The molecule has 0 aromatic heterocycles. The molecule has 0 spiro atoms. The molecule has 0 aromatic rings. The van der Waals surface area contributed by atoms with E-state index < -0.39 is 6.41 Å². The molecule has 0 unspecified atom stereocenters. The van der Waals surface area contributed by atoms with Crippen LogP contribution in [0.2, 0.25) is 0 Å². The van der Waals surface area contributed by atoms with Crippen molar-refractivity contribution in [2.75, 3.05) is 19.8 Å². The molecule has 0 aliphatic heterocycles. The first-order chi connectivity index (χ1) is 5.85. The van der Waals surface area contributed by atoms with Gasteiger partial charge >= 0.3 is 0 Å². The third kappa shape index (κ3) is 10.0. The Hall–Kier alpha value is 0.130. The van der Waals surface area contributed by atoms with Gasteiger partial charge in [0.1, 0.15) is 0 Å². The minimum absolute atomic E-state index is 0. The summed E-state index contributed by atoms with van der Waals surface area (Å²) in [5.41, 5.74) is 2.68. The first-order valence-corrected chi connectivity index (χ1v) is 4.45. The van der Waals surface area contributed by atoms with Crippen LogP contribution in [-0.2, 0) is 14.3 Å². The molecule has 13 heavy (non-hydrogen) atoms. The van der Waals surface area contributed by atoms with E-state index in [4.69, 9.17) is 14.3 Å². The van der Waals surface area contributed by atoms with Crippen molar-refractivity contribution < 1.29 is 14.3 Å². The second-order valence-corrected chi connectivity index (χ2v) is 2.21. The van der Waals surface area contributed by atoms with Crippen molar-refractivity contribution in [3.05, 3.63) is 0 Å². The fourth-order valence-electron chi connectivity index (χ4n) is 0.648. The number of nitrogens with one attached hydrogen (secondary N) is 1. The van der Waals surface area contributed by atoms with Crippen LogP contribution in [0, 0.1) is 0 Å². The van der Waals surface area contributed by atoms with Crippen molar-refractivity contribution in [3.8, 4) is 0 Å². The van der Waals surface area contributed by atoms with E-state index in [2.05, 4.69) is 5.48 Å². The predicted molar refractivity (Wildman–Crippen MR) is 53.7 cm³/mol. The molecule has 0 bridgehead atoms. The van der Waals surface area contributed by atoms with Gasteiger partial charge in [-0.2, -0.15) is 0 Å². The van der Waals surface area contributed by atoms with E-state index in [1.165, 1.54) is 0 Å². The number of hydrogen-bond acceptors (Lipinski definition) is 4. The maximum atomic E-state index is 5.17. The summed E-state index contributed by atoms with van der Waals surface area (Å²) in [6.07, 6.45) is 0.532. The Balaban J connectivity index is 0. The molecule has 82 valence electrons. The van der Waals surface area contributed by atoms with Crippen LogP contribution >= 0.6 is 12.4 Å². The molecular formula is C8H20ClNO3. The van der Waals surface area contributed by atoms with E-state index in [-0.39, 0.29) is 12.4 Å². The van der Waals surface area contributed by atoms with E-state index in [1.54, 1.807) is 0 Å². The van der Waals surface area contributed by atoms with E-state index in [1.807, 2.05) is 20.8 Å². The first-order valence-electron chi connectivity index (χ1n) is 4.45. The molecular weight excluding hydrogens is 194 g/mol. The van der Waals surface area contributed by atoms with Crippen LogP contribution in [0.15, 0.2) is 0 Å². The zero-order chi connectivity index (χ0) is 9.23. The minimum Gasteiger partial charge on any atom is -0.339 e. The third-order valence-corrected chi connectivity index (χ3v) is 1.12. The predicted octanol–water partition coefficient (Wildman–Crippen LogP) is 1.70. The zero-order valence-electron chi connectivity index (χ0n) is 8.54. The highest BCUT2D eigenvalue weighted by Crippen LogP contribution is 1.90. The normalized spacial score (nSPS) is 10.2. The molecule has 0 amide bonds. The Morgan fingerprint density at radius 2 is 1.62 bits per heavy atom. The Bertz CT molecular complexity index is 89.5. The summed E-state index contributed by atoms with van der Waals surface area (Å²) in [5, 5.41) is 0. The molecule has 0 atom stereocenters. The van der Waals surface area contributed by atoms with E-state index in [9.17, 15) is 0 Å². The summed E-state index contributed by atoms with van der Waals surface area (Å²) in [5.74, 6) is 0. The molecule has 1 N–H and O–H groups in total. The molecule has 0 radical (unpaired) electrons. The van der Waals surface area contributed by atoms with E-state index >= 15 is 0 Å². The van der Waals surface area contributed by atoms with Gasteiger partial charge in [-0.15, -0.1) is 17.9 Å². The van der Waals surface area contributed by atoms with Crippen molar-refractivity contribution in [1.82, 2.24) is 5.48 Å². The fourth-order valence-corrected chi connectivity index (χ4v) is 0.648. The Labute approximate surface area is 86.3 Å². The SMILES string of the molecule is CCCONC(OCC)OCC.Cl. The Kier molecular flexibility index (Phi) is 14.6. The summed E-state index contributed by atoms with van der Waals surface area (Å²) in [6, 6.07) is 0. The average molecular weight is 214 g/mol. The smallest absolute Gasteiger partial charge is 0.238 e. The maximum Gasteiger partial charge on any atom is 0.238 e. The molecule has 0 aliphatic carbocycles. The van der Waals surface area contributed by atoms with Crippen LogP contribution in [0.1, 0.15) is 27.2 Å². The van der Waals surface area contributed by atoms with Gasteiger partial charge in [0.15, 0.2) is 0 Å². The molecule has 4 nitrogen and oxygen atoms in total. The second kappa shape index (κ2) is 12.1. The zero-order valence-corrected chi connectivity index (χ0v) is 9.36. The van der Waals surface area contributed by atoms with Gasteiger partial charge in [0.05, 0.1) is 6.61 Å². The summed E-state index contributed by atoms with van der Waals surface area (Å²) in [7, 11) is 0. The lowest BCUT2D eigenvalue weighted by atomic mass is 10.5. The highest BCUT2D eigenvalue weighted by atomic mass is 35.5. The number of hydrogen-bond donors (Lipinski definition) is 1. The monoisotopic (exact) mass is 213 g/mol. The van der Waals surface area contributed by atoms with Crippen LogP contribution in [0.25, 0.3) is 0 Å². The lowest BCUT2D eigenvalue weighted by Crippen LogP contribution is -2.34. The van der Waals surface area contributed by atoms with Gasteiger partial charge in [-0.3, -0.25) is 4.84 Å². The van der Waals surface area contributed by atoms with Crippen LogP contribution in [-0.4, -0.2) is 26.2 Å². The van der Waals surface area contributed by atoms with Gasteiger partial charge in [-0.05, 0) is 20.3 Å². The molecule has 0 saturated carbocycles. The highest BCUT2D eigenvalue weighted by molar-refractivity contribution is 5.85. The van der Waals surface area contributed by atoms with Crippen LogP contribution in [0.5, 0.6) is 0 Å². The highest BCUT2D eigenvalue weighted by Gasteiger charge is 2.05. The maximum absolute atomic E-state index is 5.17. The number of halogens is 1. The molecule has 0 rings (SSSR count). The minimum atomic E-state index is -0.438. The first kappa shape index (κ1) is 15.6. The topological polar surface area (TPSA) is 39.7 Å². The van der Waals surface area contributed by atoms with Crippen LogP contribution < -0.4 is 5.48 Å². The molecule has 0 aromatic carbocycles. The van der Waals surface area contributed by atoms with Crippen molar-refractivity contribution in [2.45, 2.75) is 33.6 Å². The quantitative estimate of drug-likeness (QED) is 0.379. The van der Waals surface area contributed by atoms with Crippen LogP contribution in [0.3, 0.4) is 0 Å². The summed E-state index contributed by atoms with van der Waals surface area (Å²) >= 11 is 0. The van der Waals surface area contributed by atoms with Gasteiger partial charge in [0.25, 0.3) is 0 Å². The molecule has 0 fully saturated rings. The largest absolute Gasteiger partial charge is 0.339 e. The summed E-state index contributed by atoms with van der Waals surface area (Å²) in [6.45, 7) is 7.73. The molecule has 0 aliphatic rings. The fraction of sp³-hybridized carbons (Fsp3) is 1.00. The van der Waals surface area contributed by atoms with Crippen molar-refractivity contribution in [1.29, 1.82) is 0 Å². The number of hydroxylamine groups is 1. The van der Waals surface area contributed by atoms with Gasteiger partial charge in [-0.25, -0.2) is 0 Å².